The highest BCUT2D eigenvalue weighted by atomic mass is 79.9. The van der Waals surface area contributed by atoms with Crippen molar-refractivity contribution in [2.75, 3.05) is 5.32 Å². The Morgan fingerprint density at radius 3 is 2.58 bits per heavy atom. The molecule has 0 spiro atoms. The molecular weight excluding hydrogens is 312 g/mol. The fourth-order valence-electron chi connectivity index (χ4n) is 2.42. The first-order valence-corrected chi connectivity index (χ1v) is 7.16. The Morgan fingerprint density at radius 1 is 1.37 bits per heavy atom. The van der Waals surface area contributed by atoms with Crippen molar-refractivity contribution in [1.82, 2.24) is 0 Å². The minimum Gasteiger partial charge on any atom is -0.393 e. The zero-order valence-corrected chi connectivity index (χ0v) is 12.3. The second-order valence-corrected chi connectivity index (χ2v) is 5.88. The Labute approximate surface area is 120 Å². The molecule has 0 bridgehead atoms. The molecule has 1 aliphatic rings. The summed E-state index contributed by atoms with van der Waals surface area (Å²) in [5.41, 5.74) is 1.65. The number of anilines is 1. The van der Waals surface area contributed by atoms with Crippen LogP contribution in [-0.2, 0) is 0 Å². The summed E-state index contributed by atoms with van der Waals surface area (Å²) in [5, 5.41) is 23.7. The molecule has 0 unspecified atom stereocenters. The molecule has 1 aromatic carbocycles. The maximum absolute atomic E-state index is 10.8. The molecule has 104 valence electrons. The fourth-order valence-corrected chi connectivity index (χ4v) is 2.86. The Morgan fingerprint density at radius 2 is 2.00 bits per heavy atom. The number of nitrogens with zero attached hydrogens (tertiary/aromatic N) is 1. The van der Waals surface area contributed by atoms with Crippen molar-refractivity contribution in [3.63, 3.8) is 0 Å². The third-order valence-electron chi connectivity index (χ3n) is 3.54. The second kappa shape index (κ2) is 5.88. The highest BCUT2D eigenvalue weighted by molar-refractivity contribution is 9.10. The molecule has 0 saturated heterocycles. The number of hydrogen-bond acceptors (Lipinski definition) is 4. The lowest BCUT2D eigenvalue weighted by atomic mass is 9.93. The maximum Gasteiger partial charge on any atom is 0.273 e. The summed E-state index contributed by atoms with van der Waals surface area (Å²) in [6.07, 6.45) is 3.27. The molecule has 2 rings (SSSR count). The number of hydrogen-bond donors (Lipinski definition) is 2. The van der Waals surface area contributed by atoms with E-state index in [0.29, 0.717) is 16.1 Å². The molecule has 1 aliphatic carbocycles. The summed E-state index contributed by atoms with van der Waals surface area (Å²) in [6, 6.07) is 3.66. The van der Waals surface area contributed by atoms with Crippen molar-refractivity contribution in [2.45, 2.75) is 44.8 Å². The summed E-state index contributed by atoms with van der Waals surface area (Å²) in [4.78, 5) is 10.5. The van der Waals surface area contributed by atoms with Gasteiger partial charge < -0.3 is 10.4 Å². The number of aliphatic hydroxyl groups excluding tert-OH is 1. The number of aliphatic hydroxyl groups is 1. The van der Waals surface area contributed by atoms with Gasteiger partial charge in [0.1, 0.15) is 0 Å². The van der Waals surface area contributed by atoms with Crippen LogP contribution in [-0.4, -0.2) is 22.2 Å². The molecule has 0 heterocycles. The molecule has 0 atom stereocenters. The van der Waals surface area contributed by atoms with Crippen LogP contribution >= 0.6 is 15.9 Å². The lowest BCUT2D eigenvalue weighted by Crippen LogP contribution is -2.28. The molecule has 0 amide bonds. The Hall–Kier alpha value is -1.14. The van der Waals surface area contributed by atoms with Crippen LogP contribution in [0.5, 0.6) is 0 Å². The van der Waals surface area contributed by atoms with Crippen LogP contribution in [0.4, 0.5) is 11.4 Å². The van der Waals surface area contributed by atoms with Gasteiger partial charge in [-0.1, -0.05) is 0 Å². The molecule has 19 heavy (non-hydrogen) atoms. The summed E-state index contributed by atoms with van der Waals surface area (Å²) in [6.45, 7) is 1.74. The van der Waals surface area contributed by atoms with Gasteiger partial charge >= 0.3 is 0 Å². The minimum atomic E-state index is -0.374. The van der Waals surface area contributed by atoms with Gasteiger partial charge in [0.05, 0.1) is 11.0 Å². The van der Waals surface area contributed by atoms with Crippen LogP contribution in [0.3, 0.4) is 0 Å². The van der Waals surface area contributed by atoms with Gasteiger partial charge in [0.15, 0.2) is 0 Å². The van der Waals surface area contributed by atoms with Crippen LogP contribution in [0, 0.1) is 17.0 Å². The third-order valence-corrected chi connectivity index (χ3v) is 4.19. The van der Waals surface area contributed by atoms with Crippen LogP contribution in [0.25, 0.3) is 0 Å². The molecular formula is C13H17BrN2O3. The highest BCUT2D eigenvalue weighted by Crippen LogP contribution is 2.32. The minimum absolute atomic E-state index is 0.122. The van der Waals surface area contributed by atoms with E-state index >= 15 is 0 Å². The summed E-state index contributed by atoms with van der Waals surface area (Å²) < 4.78 is 0.705. The lowest BCUT2D eigenvalue weighted by molar-refractivity contribution is -0.385. The molecule has 0 radical (unpaired) electrons. The van der Waals surface area contributed by atoms with E-state index < -0.39 is 0 Å². The van der Waals surface area contributed by atoms with Crippen molar-refractivity contribution >= 4 is 27.3 Å². The second-order valence-electron chi connectivity index (χ2n) is 5.03. The molecule has 2 N–H and O–H groups in total. The van der Waals surface area contributed by atoms with E-state index in [0.717, 1.165) is 31.4 Å². The monoisotopic (exact) mass is 328 g/mol. The number of benzene rings is 1. The van der Waals surface area contributed by atoms with Gasteiger partial charge in [-0.25, -0.2) is 0 Å². The molecule has 1 fully saturated rings. The Kier molecular flexibility index (Phi) is 4.42. The zero-order valence-electron chi connectivity index (χ0n) is 10.7. The number of nitrogens with one attached hydrogen (secondary N) is 1. The largest absolute Gasteiger partial charge is 0.393 e. The van der Waals surface area contributed by atoms with Gasteiger partial charge in [-0.2, -0.15) is 0 Å². The fraction of sp³-hybridized carbons (Fsp3) is 0.538. The summed E-state index contributed by atoms with van der Waals surface area (Å²) >= 11 is 3.37. The molecule has 0 aliphatic heterocycles. The van der Waals surface area contributed by atoms with E-state index in [2.05, 4.69) is 21.2 Å². The average molecular weight is 329 g/mol. The molecule has 1 aromatic rings. The van der Waals surface area contributed by atoms with Crippen LogP contribution in [0.15, 0.2) is 16.6 Å². The lowest BCUT2D eigenvalue weighted by Gasteiger charge is -2.27. The van der Waals surface area contributed by atoms with Crippen LogP contribution < -0.4 is 5.32 Å². The topological polar surface area (TPSA) is 75.4 Å². The normalized spacial score (nSPS) is 23.1. The van der Waals surface area contributed by atoms with Crippen molar-refractivity contribution in [1.29, 1.82) is 0 Å². The quantitative estimate of drug-likeness (QED) is 0.658. The summed E-state index contributed by atoms with van der Waals surface area (Å²) in [7, 11) is 0. The molecule has 5 nitrogen and oxygen atoms in total. The highest BCUT2D eigenvalue weighted by Gasteiger charge is 2.21. The van der Waals surface area contributed by atoms with Crippen molar-refractivity contribution in [3.05, 3.63) is 32.3 Å². The molecule has 1 saturated carbocycles. The van der Waals surface area contributed by atoms with E-state index in [1.54, 1.807) is 13.0 Å². The molecule has 0 aromatic heterocycles. The first-order chi connectivity index (χ1) is 8.97. The van der Waals surface area contributed by atoms with Crippen LogP contribution in [0.2, 0.25) is 0 Å². The Bertz CT molecular complexity index is 485. The number of halogens is 1. The smallest absolute Gasteiger partial charge is 0.273 e. The van der Waals surface area contributed by atoms with Gasteiger partial charge in [-0.3, -0.25) is 10.1 Å². The van der Waals surface area contributed by atoms with Gasteiger partial charge in [0.2, 0.25) is 0 Å². The third kappa shape index (κ3) is 3.45. The zero-order chi connectivity index (χ0) is 14.0. The van der Waals surface area contributed by atoms with Gasteiger partial charge in [0.25, 0.3) is 5.69 Å². The first-order valence-electron chi connectivity index (χ1n) is 6.36. The standard InChI is InChI=1S/C13H17BrN2O3/c1-8-6-12(11(14)7-13(8)16(18)19)15-9-2-4-10(17)5-3-9/h6-7,9-10,15,17H,2-5H2,1H3. The van der Waals surface area contributed by atoms with Crippen LogP contribution in [0.1, 0.15) is 31.2 Å². The van der Waals surface area contributed by atoms with Gasteiger partial charge in [-0.05, 0) is 54.6 Å². The predicted molar refractivity (Wildman–Crippen MR) is 77.4 cm³/mol. The predicted octanol–water partition coefficient (Wildman–Crippen LogP) is 3.38. The Balaban J connectivity index is 2.13. The number of aryl methyl sites for hydroxylation is 1. The van der Waals surface area contributed by atoms with E-state index in [1.807, 2.05) is 0 Å². The first kappa shape index (κ1) is 14.3. The molecule has 6 heteroatoms. The number of rotatable bonds is 3. The van der Waals surface area contributed by atoms with Gasteiger partial charge in [0, 0.05) is 27.8 Å². The maximum atomic E-state index is 10.8. The number of nitro benzene ring substituents is 1. The number of nitro groups is 1. The van der Waals surface area contributed by atoms with E-state index in [9.17, 15) is 15.2 Å². The SMILES string of the molecule is Cc1cc(NC2CCC(O)CC2)c(Br)cc1[N+](=O)[O-]. The average Bonchev–Trinajstić information content (AvgIpc) is 2.35. The summed E-state index contributed by atoms with van der Waals surface area (Å²) in [5.74, 6) is 0. The van der Waals surface area contributed by atoms with E-state index in [-0.39, 0.29) is 16.7 Å². The van der Waals surface area contributed by atoms with Crippen molar-refractivity contribution < 1.29 is 10.0 Å². The van der Waals surface area contributed by atoms with Crippen molar-refractivity contribution in [2.24, 2.45) is 0 Å². The van der Waals surface area contributed by atoms with E-state index in [4.69, 9.17) is 0 Å². The van der Waals surface area contributed by atoms with Gasteiger partial charge in [-0.15, -0.1) is 0 Å². The van der Waals surface area contributed by atoms with Crippen molar-refractivity contribution in [3.8, 4) is 0 Å². The van der Waals surface area contributed by atoms with E-state index in [1.165, 1.54) is 6.07 Å².